The number of nitrogens with one attached hydrogen (secondary N) is 1. The van der Waals surface area contributed by atoms with Crippen molar-refractivity contribution in [3.63, 3.8) is 0 Å². The van der Waals surface area contributed by atoms with E-state index in [9.17, 15) is 19.2 Å². The Morgan fingerprint density at radius 3 is 2.48 bits per heavy atom. The molecule has 0 spiro atoms. The Morgan fingerprint density at radius 2 is 1.90 bits per heavy atom. The quantitative estimate of drug-likeness (QED) is 0.600. The van der Waals surface area contributed by atoms with E-state index in [2.05, 4.69) is 5.32 Å². The minimum Gasteiger partial charge on any atom is -0.454 e. The summed E-state index contributed by atoms with van der Waals surface area (Å²) in [5.74, 6) is -1.26. The third-order valence-electron chi connectivity index (χ3n) is 4.78. The third-order valence-corrected chi connectivity index (χ3v) is 4.78. The molecule has 0 aromatic heterocycles. The Bertz CT molecular complexity index is 732. The van der Waals surface area contributed by atoms with Gasteiger partial charge in [-0.2, -0.15) is 0 Å². The SMILES string of the molecule is CCCCN(CC)C(=O)COC(=O)CNC(=O)c1ccc(N2CCCC2=O)cc1. The van der Waals surface area contributed by atoms with Crippen molar-refractivity contribution < 1.29 is 23.9 Å². The molecule has 2 rings (SSSR count). The van der Waals surface area contributed by atoms with Crippen LogP contribution in [-0.2, 0) is 19.1 Å². The molecule has 1 saturated heterocycles. The Labute approximate surface area is 171 Å². The predicted molar refractivity (Wildman–Crippen MR) is 108 cm³/mol. The first-order chi connectivity index (χ1) is 14.0. The summed E-state index contributed by atoms with van der Waals surface area (Å²) in [6, 6.07) is 6.64. The van der Waals surface area contributed by atoms with Crippen molar-refractivity contribution >= 4 is 29.4 Å². The number of nitrogens with zero attached hydrogens (tertiary/aromatic N) is 2. The fourth-order valence-corrected chi connectivity index (χ4v) is 3.06. The van der Waals surface area contributed by atoms with E-state index in [0.29, 0.717) is 31.6 Å². The monoisotopic (exact) mass is 403 g/mol. The van der Waals surface area contributed by atoms with E-state index < -0.39 is 11.9 Å². The predicted octanol–water partition coefficient (Wildman–Crippen LogP) is 1.73. The van der Waals surface area contributed by atoms with Crippen molar-refractivity contribution in [2.45, 2.75) is 39.5 Å². The summed E-state index contributed by atoms with van der Waals surface area (Å²) in [4.78, 5) is 51.1. The number of carbonyl (C=O) groups excluding carboxylic acids is 4. The van der Waals surface area contributed by atoms with Gasteiger partial charge in [0.15, 0.2) is 6.61 Å². The van der Waals surface area contributed by atoms with Crippen LogP contribution in [0.3, 0.4) is 0 Å². The van der Waals surface area contributed by atoms with Gasteiger partial charge in [0.25, 0.3) is 11.8 Å². The summed E-state index contributed by atoms with van der Waals surface area (Å²) < 4.78 is 4.96. The molecule has 1 aromatic carbocycles. The first-order valence-electron chi connectivity index (χ1n) is 10.1. The molecule has 0 radical (unpaired) electrons. The second-order valence-corrected chi connectivity index (χ2v) is 6.87. The zero-order chi connectivity index (χ0) is 21.2. The summed E-state index contributed by atoms with van der Waals surface area (Å²) in [6.45, 7) is 5.15. The van der Waals surface area contributed by atoms with Gasteiger partial charge in [-0.05, 0) is 44.0 Å². The number of hydrogen-bond donors (Lipinski definition) is 1. The van der Waals surface area contributed by atoms with Crippen LogP contribution in [0.15, 0.2) is 24.3 Å². The zero-order valence-electron chi connectivity index (χ0n) is 17.1. The smallest absolute Gasteiger partial charge is 0.325 e. The standard InChI is InChI=1S/C21H29N3O5/c1-3-5-12-23(4-2)19(26)15-29-20(27)14-22-21(28)16-8-10-17(11-9-16)24-13-6-7-18(24)25/h8-11H,3-7,12-15H2,1-2H3,(H,22,28). The Hall–Kier alpha value is -2.90. The molecule has 3 amide bonds. The number of likely N-dealkylation sites (N-methyl/N-ethyl adjacent to an activating group) is 1. The molecule has 8 nitrogen and oxygen atoms in total. The molecule has 1 fully saturated rings. The molecule has 1 aliphatic heterocycles. The summed E-state index contributed by atoms with van der Waals surface area (Å²) in [6.07, 6.45) is 3.25. The Morgan fingerprint density at radius 1 is 1.17 bits per heavy atom. The number of ether oxygens (including phenoxy) is 1. The van der Waals surface area contributed by atoms with Gasteiger partial charge in [0.05, 0.1) is 0 Å². The molecule has 0 bridgehead atoms. The van der Waals surface area contributed by atoms with Gasteiger partial charge in [0, 0.05) is 37.3 Å². The fraction of sp³-hybridized carbons (Fsp3) is 0.524. The van der Waals surface area contributed by atoms with Gasteiger partial charge in [-0.3, -0.25) is 19.2 Å². The Balaban J connectivity index is 1.76. The highest BCUT2D eigenvalue weighted by molar-refractivity contribution is 5.98. The van der Waals surface area contributed by atoms with E-state index in [-0.39, 0.29) is 25.0 Å². The van der Waals surface area contributed by atoms with Crippen LogP contribution in [-0.4, -0.2) is 61.4 Å². The highest BCUT2D eigenvalue weighted by Crippen LogP contribution is 2.21. The first-order valence-corrected chi connectivity index (χ1v) is 10.1. The molecule has 0 aliphatic carbocycles. The molecule has 1 N–H and O–H groups in total. The second-order valence-electron chi connectivity index (χ2n) is 6.87. The van der Waals surface area contributed by atoms with Crippen LogP contribution in [0, 0.1) is 0 Å². The maximum atomic E-state index is 12.2. The molecule has 1 aromatic rings. The largest absolute Gasteiger partial charge is 0.454 e. The van der Waals surface area contributed by atoms with Gasteiger partial charge in [0.1, 0.15) is 6.54 Å². The van der Waals surface area contributed by atoms with Gasteiger partial charge in [-0.1, -0.05) is 13.3 Å². The van der Waals surface area contributed by atoms with Crippen molar-refractivity contribution in [1.82, 2.24) is 10.2 Å². The van der Waals surface area contributed by atoms with Crippen LogP contribution in [0.1, 0.15) is 49.9 Å². The number of amides is 3. The number of carbonyl (C=O) groups is 4. The summed E-state index contributed by atoms with van der Waals surface area (Å²) >= 11 is 0. The van der Waals surface area contributed by atoms with Crippen LogP contribution < -0.4 is 10.2 Å². The number of rotatable bonds is 10. The van der Waals surface area contributed by atoms with Gasteiger partial charge in [-0.15, -0.1) is 0 Å². The first kappa shape index (κ1) is 22.4. The van der Waals surface area contributed by atoms with E-state index in [1.165, 1.54) is 0 Å². The summed E-state index contributed by atoms with van der Waals surface area (Å²) in [5, 5.41) is 2.48. The lowest BCUT2D eigenvalue weighted by Crippen LogP contribution is -2.37. The lowest BCUT2D eigenvalue weighted by molar-refractivity contribution is -0.151. The van der Waals surface area contributed by atoms with Crippen LogP contribution in [0.25, 0.3) is 0 Å². The molecule has 1 heterocycles. The lowest BCUT2D eigenvalue weighted by Gasteiger charge is -2.20. The molecule has 158 valence electrons. The van der Waals surface area contributed by atoms with Crippen LogP contribution >= 0.6 is 0 Å². The maximum Gasteiger partial charge on any atom is 0.325 e. The van der Waals surface area contributed by atoms with E-state index in [4.69, 9.17) is 4.74 Å². The van der Waals surface area contributed by atoms with Gasteiger partial charge in [0.2, 0.25) is 5.91 Å². The number of anilines is 1. The van der Waals surface area contributed by atoms with Crippen LogP contribution in [0.4, 0.5) is 5.69 Å². The second kappa shape index (κ2) is 11.2. The molecular weight excluding hydrogens is 374 g/mol. The van der Waals surface area contributed by atoms with Crippen molar-refractivity contribution in [3.8, 4) is 0 Å². The van der Waals surface area contributed by atoms with E-state index >= 15 is 0 Å². The molecule has 0 unspecified atom stereocenters. The van der Waals surface area contributed by atoms with Crippen molar-refractivity contribution in [2.75, 3.05) is 37.7 Å². The molecular formula is C21H29N3O5. The van der Waals surface area contributed by atoms with Gasteiger partial charge < -0.3 is 19.9 Å². The number of hydrogen-bond acceptors (Lipinski definition) is 5. The zero-order valence-corrected chi connectivity index (χ0v) is 17.1. The average molecular weight is 403 g/mol. The van der Waals surface area contributed by atoms with Crippen molar-refractivity contribution in [3.05, 3.63) is 29.8 Å². The fourth-order valence-electron chi connectivity index (χ4n) is 3.06. The summed E-state index contributed by atoms with van der Waals surface area (Å²) in [7, 11) is 0. The van der Waals surface area contributed by atoms with Crippen LogP contribution in [0.5, 0.6) is 0 Å². The van der Waals surface area contributed by atoms with Gasteiger partial charge in [-0.25, -0.2) is 0 Å². The van der Waals surface area contributed by atoms with E-state index in [1.54, 1.807) is 34.1 Å². The third kappa shape index (κ3) is 6.58. The number of benzene rings is 1. The normalized spacial score (nSPS) is 13.3. The van der Waals surface area contributed by atoms with Gasteiger partial charge >= 0.3 is 5.97 Å². The topological polar surface area (TPSA) is 96.0 Å². The Kier molecular flexibility index (Phi) is 8.64. The molecule has 0 saturated carbocycles. The summed E-state index contributed by atoms with van der Waals surface area (Å²) in [5.41, 5.74) is 1.13. The number of unbranched alkanes of at least 4 members (excludes halogenated alkanes) is 1. The molecule has 1 aliphatic rings. The van der Waals surface area contributed by atoms with Crippen molar-refractivity contribution in [1.29, 1.82) is 0 Å². The molecule has 0 atom stereocenters. The lowest BCUT2D eigenvalue weighted by atomic mass is 10.2. The highest BCUT2D eigenvalue weighted by Gasteiger charge is 2.21. The van der Waals surface area contributed by atoms with E-state index in [0.717, 1.165) is 24.9 Å². The number of esters is 1. The van der Waals surface area contributed by atoms with Crippen molar-refractivity contribution in [2.24, 2.45) is 0 Å². The van der Waals surface area contributed by atoms with Crippen LogP contribution in [0.2, 0.25) is 0 Å². The molecule has 29 heavy (non-hydrogen) atoms. The molecule has 8 heteroatoms. The highest BCUT2D eigenvalue weighted by atomic mass is 16.5. The van der Waals surface area contributed by atoms with E-state index in [1.807, 2.05) is 13.8 Å². The minimum absolute atomic E-state index is 0.0795. The maximum absolute atomic E-state index is 12.2. The minimum atomic E-state index is -0.669. The average Bonchev–Trinajstić information content (AvgIpc) is 3.17.